The molecule has 0 radical (unpaired) electrons. The first-order valence-electron chi connectivity index (χ1n) is 8.51. The number of piperidine rings is 1. The highest BCUT2D eigenvalue weighted by Gasteiger charge is 2.45. The van der Waals surface area contributed by atoms with E-state index in [1.807, 2.05) is 24.2 Å². The molecule has 0 unspecified atom stereocenters. The molecule has 126 valence electrons. The molecule has 2 aliphatic heterocycles. The van der Waals surface area contributed by atoms with Gasteiger partial charge in [-0.3, -0.25) is 4.79 Å². The zero-order chi connectivity index (χ0) is 16.6. The lowest BCUT2D eigenvalue weighted by Gasteiger charge is -2.44. The molecule has 0 aromatic carbocycles. The minimum absolute atomic E-state index is 0.0258. The van der Waals surface area contributed by atoms with E-state index in [0.29, 0.717) is 5.82 Å². The second kappa shape index (κ2) is 5.89. The lowest BCUT2D eigenvalue weighted by Crippen LogP contribution is -2.54. The number of nitrogens with zero attached hydrogens (tertiary/aromatic N) is 6. The van der Waals surface area contributed by atoms with Crippen LogP contribution in [0.1, 0.15) is 36.3 Å². The standard InChI is InChI=1S/C17H22N6O/c1-21-13-9-18-14(21)15(24)22-11-5-17(6-12-22)4-2-10-23(17)16-19-7-3-8-20-16/h3,7-9,13H,2,4-6,10-12H2,1H3. The first-order valence-corrected chi connectivity index (χ1v) is 8.51. The van der Waals surface area contributed by atoms with Crippen LogP contribution in [-0.4, -0.2) is 55.5 Å². The van der Waals surface area contributed by atoms with Crippen molar-refractivity contribution in [1.29, 1.82) is 0 Å². The van der Waals surface area contributed by atoms with E-state index in [-0.39, 0.29) is 11.4 Å². The van der Waals surface area contributed by atoms with Gasteiger partial charge in [-0.1, -0.05) is 0 Å². The molecule has 0 saturated carbocycles. The zero-order valence-electron chi connectivity index (χ0n) is 13.9. The van der Waals surface area contributed by atoms with E-state index in [0.717, 1.165) is 51.3 Å². The molecule has 0 aliphatic carbocycles. The third-order valence-corrected chi connectivity index (χ3v) is 5.38. The molecule has 0 N–H and O–H groups in total. The van der Waals surface area contributed by atoms with Gasteiger partial charge in [-0.25, -0.2) is 15.0 Å². The molecule has 0 atom stereocenters. The predicted molar refractivity (Wildman–Crippen MR) is 89.7 cm³/mol. The number of likely N-dealkylation sites (tertiary alicyclic amines) is 1. The summed E-state index contributed by atoms with van der Waals surface area (Å²) in [5.41, 5.74) is 0.0970. The summed E-state index contributed by atoms with van der Waals surface area (Å²) in [6.45, 7) is 2.52. The number of aromatic nitrogens is 4. The first-order chi connectivity index (χ1) is 11.7. The van der Waals surface area contributed by atoms with Gasteiger partial charge in [0.05, 0.1) is 0 Å². The molecule has 1 spiro atoms. The summed E-state index contributed by atoms with van der Waals surface area (Å²) in [5.74, 6) is 1.36. The van der Waals surface area contributed by atoms with E-state index in [2.05, 4.69) is 19.9 Å². The molecule has 7 heteroatoms. The Morgan fingerprint density at radius 3 is 2.46 bits per heavy atom. The van der Waals surface area contributed by atoms with Crippen LogP contribution in [0.3, 0.4) is 0 Å². The third-order valence-electron chi connectivity index (χ3n) is 5.38. The van der Waals surface area contributed by atoms with Crippen LogP contribution in [0, 0.1) is 0 Å². The number of aryl methyl sites for hydroxylation is 1. The van der Waals surface area contributed by atoms with Crippen LogP contribution in [0.25, 0.3) is 0 Å². The third kappa shape index (κ3) is 2.44. The summed E-state index contributed by atoms with van der Waals surface area (Å²) >= 11 is 0. The lowest BCUT2D eigenvalue weighted by atomic mass is 9.85. The highest BCUT2D eigenvalue weighted by molar-refractivity contribution is 5.90. The molecule has 4 rings (SSSR count). The number of hydrogen-bond acceptors (Lipinski definition) is 5. The SMILES string of the molecule is Cn1ccnc1C(=O)N1CCC2(CCCN2c2ncccn2)CC1. The summed E-state index contributed by atoms with van der Waals surface area (Å²) in [7, 11) is 1.86. The molecule has 2 fully saturated rings. The maximum atomic E-state index is 12.6. The van der Waals surface area contributed by atoms with Crippen molar-refractivity contribution >= 4 is 11.9 Å². The Morgan fingerprint density at radius 1 is 1.04 bits per heavy atom. The number of imidazole rings is 1. The van der Waals surface area contributed by atoms with Crippen molar-refractivity contribution in [2.45, 2.75) is 31.2 Å². The van der Waals surface area contributed by atoms with Crippen LogP contribution >= 0.6 is 0 Å². The average molecular weight is 326 g/mol. The number of carbonyl (C=O) groups excluding carboxylic acids is 1. The molecule has 2 aromatic rings. The molecular weight excluding hydrogens is 304 g/mol. The van der Waals surface area contributed by atoms with Gasteiger partial charge in [-0.05, 0) is 31.7 Å². The molecule has 2 aromatic heterocycles. The monoisotopic (exact) mass is 326 g/mol. The molecule has 7 nitrogen and oxygen atoms in total. The minimum atomic E-state index is 0.0258. The summed E-state index contributed by atoms with van der Waals surface area (Å²) in [5, 5.41) is 0. The molecule has 0 bridgehead atoms. The smallest absolute Gasteiger partial charge is 0.289 e. The van der Waals surface area contributed by atoms with Gasteiger partial charge in [0.1, 0.15) is 0 Å². The Bertz CT molecular complexity index is 720. The number of hydrogen-bond donors (Lipinski definition) is 0. The quantitative estimate of drug-likeness (QED) is 0.836. The maximum absolute atomic E-state index is 12.6. The zero-order valence-corrected chi connectivity index (χ0v) is 13.9. The van der Waals surface area contributed by atoms with Crippen molar-refractivity contribution in [3.05, 3.63) is 36.7 Å². The lowest BCUT2D eigenvalue weighted by molar-refractivity contribution is 0.0656. The minimum Gasteiger partial charge on any atom is -0.336 e. The predicted octanol–water partition coefficient (Wildman–Crippen LogP) is 1.49. The van der Waals surface area contributed by atoms with Crippen molar-refractivity contribution in [3.63, 3.8) is 0 Å². The van der Waals surface area contributed by atoms with E-state index in [1.165, 1.54) is 0 Å². The topological polar surface area (TPSA) is 67.2 Å². The fourth-order valence-electron chi connectivity index (χ4n) is 4.04. The molecule has 24 heavy (non-hydrogen) atoms. The van der Waals surface area contributed by atoms with Crippen LogP contribution in [0.4, 0.5) is 5.95 Å². The van der Waals surface area contributed by atoms with Crippen molar-refractivity contribution in [2.24, 2.45) is 7.05 Å². The van der Waals surface area contributed by atoms with Gasteiger partial charge in [-0.15, -0.1) is 0 Å². The molecule has 2 aliphatic rings. The second-order valence-corrected chi connectivity index (χ2v) is 6.68. The van der Waals surface area contributed by atoms with E-state index < -0.39 is 0 Å². The first kappa shape index (κ1) is 15.1. The average Bonchev–Trinajstić information content (AvgIpc) is 3.22. The van der Waals surface area contributed by atoms with Crippen molar-refractivity contribution in [3.8, 4) is 0 Å². The second-order valence-electron chi connectivity index (χ2n) is 6.68. The summed E-state index contributed by atoms with van der Waals surface area (Å²) in [6.07, 6.45) is 11.3. The highest BCUT2D eigenvalue weighted by atomic mass is 16.2. The van der Waals surface area contributed by atoms with Crippen LogP contribution in [0.5, 0.6) is 0 Å². The number of amides is 1. The van der Waals surface area contributed by atoms with E-state index in [1.54, 1.807) is 23.2 Å². The van der Waals surface area contributed by atoms with Gasteiger partial charge >= 0.3 is 0 Å². The van der Waals surface area contributed by atoms with Crippen molar-refractivity contribution < 1.29 is 4.79 Å². The highest BCUT2D eigenvalue weighted by Crippen LogP contribution is 2.40. The van der Waals surface area contributed by atoms with Gasteiger partial charge in [-0.2, -0.15) is 0 Å². The fourth-order valence-corrected chi connectivity index (χ4v) is 4.04. The largest absolute Gasteiger partial charge is 0.336 e. The number of anilines is 1. The van der Waals surface area contributed by atoms with Crippen molar-refractivity contribution in [1.82, 2.24) is 24.4 Å². The van der Waals surface area contributed by atoms with Crippen LogP contribution in [0.2, 0.25) is 0 Å². The van der Waals surface area contributed by atoms with Crippen LogP contribution < -0.4 is 4.90 Å². The van der Waals surface area contributed by atoms with Gasteiger partial charge < -0.3 is 14.4 Å². The van der Waals surface area contributed by atoms with Gasteiger partial charge in [0.25, 0.3) is 5.91 Å². The van der Waals surface area contributed by atoms with Gasteiger partial charge in [0.15, 0.2) is 5.82 Å². The van der Waals surface area contributed by atoms with Crippen molar-refractivity contribution in [2.75, 3.05) is 24.5 Å². The van der Waals surface area contributed by atoms with Gasteiger partial charge in [0.2, 0.25) is 5.95 Å². The van der Waals surface area contributed by atoms with Gasteiger partial charge in [0, 0.05) is 57.0 Å². The molecule has 2 saturated heterocycles. The van der Waals surface area contributed by atoms with E-state index in [9.17, 15) is 4.79 Å². The summed E-state index contributed by atoms with van der Waals surface area (Å²) in [4.78, 5) is 30.0. The molecule has 4 heterocycles. The number of carbonyl (C=O) groups is 1. The fraction of sp³-hybridized carbons (Fsp3) is 0.529. The van der Waals surface area contributed by atoms with E-state index >= 15 is 0 Å². The Kier molecular flexibility index (Phi) is 3.70. The van der Waals surface area contributed by atoms with Crippen LogP contribution in [0.15, 0.2) is 30.9 Å². The maximum Gasteiger partial charge on any atom is 0.289 e. The Hall–Kier alpha value is -2.44. The normalized spacial score (nSPS) is 19.9. The Balaban J connectivity index is 1.49. The molecule has 1 amide bonds. The summed E-state index contributed by atoms with van der Waals surface area (Å²) in [6, 6.07) is 1.85. The molecular formula is C17H22N6O. The summed E-state index contributed by atoms with van der Waals surface area (Å²) < 4.78 is 1.78. The Labute approximate surface area is 141 Å². The number of rotatable bonds is 2. The van der Waals surface area contributed by atoms with E-state index in [4.69, 9.17) is 0 Å². The van der Waals surface area contributed by atoms with Crippen LogP contribution in [-0.2, 0) is 7.05 Å². The Morgan fingerprint density at radius 2 is 1.79 bits per heavy atom.